The van der Waals surface area contributed by atoms with Crippen LogP contribution in [0.4, 0.5) is 24.5 Å². The topological polar surface area (TPSA) is 89.5 Å². The summed E-state index contributed by atoms with van der Waals surface area (Å²) in [6, 6.07) is 22.9. The lowest BCUT2D eigenvalue weighted by Gasteiger charge is -2.17. The number of rotatable bonds is 10. The van der Waals surface area contributed by atoms with Crippen LogP contribution in [-0.2, 0) is 16.2 Å². The van der Waals surface area contributed by atoms with Crippen molar-refractivity contribution in [1.29, 1.82) is 0 Å². The number of anilines is 2. The van der Waals surface area contributed by atoms with E-state index in [1.54, 1.807) is 43.5 Å². The van der Waals surface area contributed by atoms with Gasteiger partial charge in [0.05, 0.1) is 18.6 Å². The molecule has 0 atom stereocenters. The van der Waals surface area contributed by atoms with Crippen molar-refractivity contribution >= 4 is 57.8 Å². The molecule has 1 heterocycles. The smallest absolute Gasteiger partial charge is 0.496 e. The number of hydrogen-bond donors (Lipinski definition) is 1. The largest absolute Gasteiger partial charge is 0.573 e. The zero-order chi connectivity index (χ0) is 34.4. The summed E-state index contributed by atoms with van der Waals surface area (Å²) >= 11 is 7.32. The molecule has 4 aromatic carbocycles. The summed E-state index contributed by atoms with van der Waals surface area (Å²) < 4.78 is 52.8. The molecule has 13 heteroatoms. The van der Waals surface area contributed by atoms with Gasteiger partial charge in [-0.2, -0.15) is 0 Å². The monoisotopic (exact) mass is 695 g/mol. The number of benzene rings is 4. The van der Waals surface area contributed by atoms with Gasteiger partial charge in [0.25, 0.3) is 5.91 Å². The number of carbonyl (C=O) groups is 2. The number of aryl methyl sites for hydroxylation is 2. The van der Waals surface area contributed by atoms with Gasteiger partial charge in [-0.05, 0) is 91.2 Å². The molecule has 4 aromatic rings. The first kappa shape index (κ1) is 34.4. The van der Waals surface area contributed by atoms with Crippen molar-refractivity contribution < 1.29 is 37.0 Å². The Bertz CT molecular complexity index is 1860. The highest BCUT2D eigenvalue weighted by atomic mass is 35.5. The second-order valence-corrected chi connectivity index (χ2v) is 11.9. The van der Waals surface area contributed by atoms with Crippen LogP contribution in [0.3, 0.4) is 0 Å². The van der Waals surface area contributed by atoms with Gasteiger partial charge < -0.3 is 19.5 Å². The molecule has 48 heavy (non-hydrogen) atoms. The number of para-hydroxylation sites is 1. The van der Waals surface area contributed by atoms with Crippen molar-refractivity contribution in [3.05, 3.63) is 118 Å². The average Bonchev–Trinajstić information content (AvgIpc) is 3.36. The van der Waals surface area contributed by atoms with Crippen LogP contribution in [0.25, 0.3) is 6.08 Å². The molecule has 1 aliphatic rings. The summed E-state index contributed by atoms with van der Waals surface area (Å²) in [5, 5.41) is 3.60. The molecule has 2 amide bonds. The number of aliphatic imine (C=N–C) groups is 1. The number of nitrogens with zero attached hydrogens (tertiary/aromatic N) is 2. The molecule has 0 spiro atoms. The molecule has 0 aromatic heterocycles. The second-order valence-electron chi connectivity index (χ2n) is 10.5. The minimum Gasteiger partial charge on any atom is -0.496 e. The normalized spacial score (nSPS) is 13.8. The van der Waals surface area contributed by atoms with E-state index in [0.29, 0.717) is 27.8 Å². The molecule has 5 rings (SSSR count). The number of carbonyl (C=O) groups excluding carboxylic acids is 2. The molecule has 0 unspecified atom stereocenters. The van der Waals surface area contributed by atoms with Crippen molar-refractivity contribution in [2.75, 3.05) is 23.1 Å². The van der Waals surface area contributed by atoms with E-state index in [-0.39, 0.29) is 34.8 Å². The zero-order valence-electron chi connectivity index (χ0n) is 25.9. The van der Waals surface area contributed by atoms with Crippen molar-refractivity contribution in [2.45, 2.75) is 26.8 Å². The standard InChI is InChI=1S/C35H29ClF3N3O5S/c1-21-15-28(16-22(2)32(21)36)46-19-24-10-9-23(18-30(24)45-3)17-29-33(44)42(26-7-5-4-6-8-26)34(41-29)48-20-31(43)40-25-11-13-27(14-12-25)47-35(37,38)39/h4-18H,19-20H2,1-3H3,(H,40,43). The summed E-state index contributed by atoms with van der Waals surface area (Å²) in [5.41, 5.74) is 4.28. The van der Waals surface area contributed by atoms with Crippen LogP contribution in [-0.4, -0.2) is 36.2 Å². The highest BCUT2D eigenvalue weighted by molar-refractivity contribution is 8.14. The number of methoxy groups -OCH3 is 1. The van der Waals surface area contributed by atoms with Crippen LogP contribution in [0.2, 0.25) is 5.02 Å². The Kier molecular flexibility index (Phi) is 10.7. The lowest BCUT2D eigenvalue weighted by atomic mass is 10.1. The first-order valence-corrected chi connectivity index (χ1v) is 15.8. The lowest BCUT2D eigenvalue weighted by molar-refractivity contribution is -0.274. The minimum absolute atomic E-state index is 0.126. The summed E-state index contributed by atoms with van der Waals surface area (Å²) in [6.45, 7) is 4.07. The van der Waals surface area contributed by atoms with Crippen molar-refractivity contribution in [3.8, 4) is 17.2 Å². The molecule has 0 bridgehead atoms. The van der Waals surface area contributed by atoms with E-state index in [0.717, 1.165) is 40.6 Å². The van der Waals surface area contributed by atoms with Gasteiger partial charge in [-0.15, -0.1) is 13.2 Å². The molecule has 8 nitrogen and oxygen atoms in total. The van der Waals surface area contributed by atoms with Crippen molar-refractivity contribution in [1.82, 2.24) is 0 Å². The zero-order valence-corrected chi connectivity index (χ0v) is 27.5. The highest BCUT2D eigenvalue weighted by Crippen LogP contribution is 2.32. The quantitative estimate of drug-likeness (QED) is 0.167. The van der Waals surface area contributed by atoms with Crippen molar-refractivity contribution in [2.24, 2.45) is 4.99 Å². The number of amidine groups is 1. The van der Waals surface area contributed by atoms with Gasteiger partial charge in [0.15, 0.2) is 5.17 Å². The number of ether oxygens (including phenoxy) is 3. The van der Waals surface area contributed by atoms with E-state index < -0.39 is 18.0 Å². The molecule has 0 radical (unpaired) electrons. The molecule has 0 fully saturated rings. The van der Waals surface area contributed by atoms with E-state index >= 15 is 0 Å². The van der Waals surface area contributed by atoms with Crippen LogP contribution < -0.4 is 24.4 Å². The van der Waals surface area contributed by atoms with Gasteiger partial charge in [0, 0.05) is 16.3 Å². The van der Waals surface area contributed by atoms with Crippen molar-refractivity contribution in [3.63, 3.8) is 0 Å². The third-order valence-electron chi connectivity index (χ3n) is 6.97. The van der Waals surface area contributed by atoms with Crippen LogP contribution in [0.1, 0.15) is 22.3 Å². The molecule has 1 aliphatic heterocycles. The average molecular weight is 696 g/mol. The Morgan fingerprint density at radius 1 is 0.979 bits per heavy atom. The maximum Gasteiger partial charge on any atom is 0.573 e. The van der Waals surface area contributed by atoms with Gasteiger partial charge in [-0.3, -0.25) is 14.5 Å². The Morgan fingerprint density at radius 2 is 1.67 bits per heavy atom. The van der Waals surface area contributed by atoms with Gasteiger partial charge in [-0.25, -0.2) is 4.99 Å². The molecule has 0 saturated carbocycles. The van der Waals surface area contributed by atoms with Gasteiger partial charge in [-0.1, -0.05) is 53.7 Å². The molecule has 1 N–H and O–H groups in total. The van der Waals surface area contributed by atoms with Gasteiger partial charge >= 0.3 is 6.36 Å². The maximum atomic E-state index is 13.6. The van der Waals surface area contributed by atoms with E-state index in [1.807, 2.05) is 44.2 Å². The first-order valence-electron chi connectivity index (χ1n) is 14.4. The summed E-state index contributed by atoms with van der Waals surface area (Å²) in [6.07, 6.45) is -3.18. The number of halogens is 4. The summed E-state index contributed by atoms with van der Waals surface area (Å²) in [5.74, 6) is -0.123. The Labute approximate surface area is 284 Å². The van der Waals surface area contributed by atoms with Crippen LogP contribution >= 0.6 is 23.4 Å². The summed E-state index contributed by atoms with van der Waals surface area (Å²) in [7, 11) is 1.55. The number of amides is 2. The molecule has 0 saturated heterocycles. The molecule has 248 valence electrons. The third kappa shape index (κ3) is 8.69. The van der Waals surface area contributed by atoms with Crippen LogP contribution in [0, 0.1) is 13.8 Å². The Hall–Kier alpha value is -4.94. The fourth-order valence-corrected chi connectivity index (χ4v) is 5.67. The maximum absolute atomic E-state index is 13.6. The van der Waals surface area contributed by atoms with Crippen LogP contribution in [0.5, 0.6) is 17.2 Å². The SMILES string of the molecule is COc1cc(C=C2N=C(SCC(=O)Nc3ccc(OC(F)(F)F)cc3)N(c3ccccc3)C2=O)ccc1COc1cc(C)c(Cl)c(C)c1. The van der Waals surface area contributed by atoms with E-state index in [9.17, 15) is 22.8 Å². The number of hydrogen-bond acceptors (Lipinski definition) is 7. The lowest BCUT2D eigenvalue weighted by Crippen LogP contribution is -2.31. The highest BCUT2D eigenvalue weighted by Gasteiger charge is 2.33. The van der Waals surface area contributed by atoms with Crippen LogP contribution in [0.15, 0.2) is 95.6 Å². The number of nitrogens with one attached hydrogen (secondary N) is 1. The second kappa shape index (κ2) is 14.9. The third-order valence-corrected chi connectivity index (χ3v) is 8.50. The Balaban J connectivity index is 1.31. The van der Waals surface area contributed by atoms with E-state index in [1.165, 1.54) is 17.0 Å². The number of thioether (sulfide) groups is 1. The first-order chi connectivity index (χ1) is 22.9. The molecular weight excluding hydrogens is 667 g/mol. The minimum atomic E-state index is -4.82. The Morgan fingerprint density at radius 3 is 2.31 bits per heavy atom. The predicted octanol–water partition coefficient (Wildman–Crippen LogP) is 8.56. The fraction of sp³-hybridized carbons (Fsp3) is 0.171. The molecular formula is C35H29ClF3N3O5S. The van der Waals surface area contributed by atoms with E-state index in [4.69, 9.17) is 21.1 Å². The fourth-order valence-electron chi connectivity index (χ4n) is 4.74. The predicted molar refractivity (Wildman–Crippen MR) is 182 cm³/mol. The van der Waals surface area contributed by atoms with E-state index in [2.05, 4.69) is 15.0 Å². The van der Waals surface area contributed by atoms with Gasteiger partial charge in [0.1, 0.15) is 29.6 Å². The number of alkyl halides is 3. The molecule has 0 aliphatic carbocycles. The summed E-state index contributed by atoms with van der Waals surface area (Å²) in [4.78, 5) is 32.3. The van der Waals surface area contributed by atoms with Gasteiger partial charge in [0.2, 0.25) is 5.91 Å².